The van der Waals surface area contributed by atoms with Crippen molar-refractivity contribution in [3.05, 3.63) is 48.6 Å². The molecule has 0 aromatic rings. The second kappa shape index (κ2) is 38.3. The van der Waals surface area contributed by atoms with E-state index in [4.69, 9.17) is 24.8 Å². The van der Waals surface area contributed by atoms with E-state index in [1.165, 1.54) is 83.5 Å². The lowest BCUT2D eigenvalue weighted by atomic mass is 10.0. The molecule has 12 heteroatoms. The van der Waals surface area contributed by atoms with Crippen LogP contribution in [0.1, 0.15) is 174 Å². The van der Waals surface area contributed by atoms with Gasteiger partial charge in [-0.15, -0.1) is 0 Å². The molecule has 3 atom stereocenters. The minimum atomic E-state index is -4.72. The lowest BCUT2D eigenvalue weighted by Crippen LogP contribution is -2.34. The zero-order valence-corrected chi connectivity index (χ0v) is 35.2. The highest BCUT2D eigenvalue weighted by atomic mass is 31.2. The van der Waals surface area contributed by atoms with E-state index in [1.807, 2.05) is 12.2 Å². The van der Waals surface area contributed by atoms with Gasteiger partial charge in [-0.25, -0.2) is 4.57 Å². The third-order valence-electron chi connectivity index (χ3n) is 8.83. The average Bonchev–Trinajstić information content (AvgIpc) is 3.16. The normalized spacial score (nSPS) is 14.3. The van der Waals surface area contributed by atoms with Crippen LogP contribution in [0.15, 0.2) is 48.6 Å². The van der Waals surface area contributed by atoms with Crippen molar-refractivity contribution < 1.29 is 47.5 Å². The molecule has 0 radical (unpaired) electrons. The van der Waals surface area contributed by atoms with Gasteiger partial charge >= 0.3 is 25.7 Å². The van der Waals surface area contributed by atoms with E-state index in [9.17, 15) is 23.8 Å². The van der Waals surface area contributed by atoms with Crippen molar-refractivity contribution in [2.45, 2.75) is 187 Å². The Morgan fingerprint density at radius 2 is 0.982 bits per heavy atom. The van der Waals surface area contributed by atoms with Gasteiger partial charge in [0.2, 0.25) is 0 Å². The minimum absolute atomic E-state index is 0.146. The third kappa shape index (κ3) is 38.1. The molecule has 1 unspecified atom stereocenters. The lowest BCUT2D eigenvalue weighted by molar-refractivity contribution is -0.161. The number of hydrogen-bond donors (Lipinski definition) is 3. The van der Waals surface area contributed by atoms with Crippen LogP contribution in [0.25, 0.3) is 0 Å². The number of rotatable bonds is 39. The second-order valence-electron chi connectivity index (χ2n) is 14.1. The molecule has 0 rings (SSSR count). The van der Waals surface area contributed by atoms with E-state index in [-0.39, 0.29) is 19.4 Å². The van der Waals surface area contributed by atoms with Crippen LogP contribution in [0.4, 0.5) is 0 Å². The molecule has 318 valence electrons. The quantitative estimate of drug-likeness (QED) is 0.0234. The maximum Gasteiger partial charge on any atom is 0.472 e. The van der Waals surface area contributed by atoms with Gasteiger partial charge in [0.1, 0.15) is 12.6 Å². The Hall–Kier alpha value is -2.56. The highest BCUT2D eigenvalue weighted by Crippen LogP contribution is 2.43. The monoisotopic (exact) mass is 798 g/mol. The van der Waals surface area contributed by atoms with Crippen LogP contribution in [-0.4, -0.2) is 59.9 Å². The van der Waals surface area contributed by atoms with Gasteiger partial charge in [-0.2, -0.15) is 0 Å². The number of allylic oxidation sites excluding steroid dienone is 8. The van der Waals surface area contributed by atoms with E-state index < -0.39 is 51.1 Å². The number of hydrogen-bond acceptors (Lipinski definition) is 9. The fraction of sp³-hybridized carbons (Fsp3) is 0.744. The number of aliphatic carboxylic acids is 1. The first-order valence-corrected chi connectivity index (χ1v) is 22.7. The number of phosphoric acid groups is 1. The summed E-state index contributed by atoms with van der Waals surface area (Å²) >= 11 is 0. The highest BCUT2D eigenvalue weighted by molar-refractivity contribution is 7.47. The average molecular weight is 798 g/mol. The predicted octanol–water partition coefficient (Wildman–Crippen LogP) is 11.0. The molecule has 0 aromatic carbocycles. The molecule has 11 nitrogen and oxygen atoms in total. The SMILES string of the molecule is CCCCC/C=C/C/C=C/C/C=C/C/C=C/CCCC(=O)OC[C@H](COP(=O)(O)OC[C@H](N)C(=O)O)OC(=O)CCCCCCCCCCCCCCCC. The van der Waals surface area contributed by atoms with Gasteiger partial charge in [-0.3, -0.25) is 23.4 Å². The number of carbonyl (C=O) groups excluding carboxylic acids is 2. The molecule has 0 amide bonds. The van der Waals surface area contributed by atoms with Crippen molar-refractivity contribution >= 4 is 25.7 Å². The molecule has 0 bridgehead atoms. The van der Waals surface area contributed by atoms with Crippen LogP contribution >= 0.6 is 7.82 Å². The first-order chi connectivity index (χ1) is 26.6. The molecule has 0 saturated carbocycles. The van der Waals surface area contributed by atoms with Gasteiger partial charge in [0.25, 0.3) is 0 Å². The summed E-state index contributed by atoms with van der Waals surface area (Å²) in [5, 5.41) is 8.88. The molecule has 0 heterocycles. The molecular weight excluding hydrogens is 721 g/mol. The number of nitrogens with two attached hydrogens (primary N) is 1. The zero-order chi connectivity index (χ0) is 40.7. The molecule has 0 saturated heterocycles. The Bertz CT molecular complexity index is 1120. The van der Waals surface area contributed by atoms with Gasteiger partial charge in [-0.05, 0) is 51.4 Å². The van der Waals surface area contributed by atoms with Crippen LogP contribution < -0.4 is 5.73 Å². The van der Waals surface area contributed by atoms with Crippen LogP contribution in [0.2, 0.25) is 0 Å². The Balaban J connectivity index is 4.47. The first kappa shape index (κ1) is 52.4. The summed E-state index contributed by atoms with van der Waals surface area (Å²) in [5.41, 5.74) is 5.32. The van der Waals surface area contributed by atoms with Gasteiger partial charge in [0.15, 0.2) is 6.10 Å². The molecule has 4 N–H and O–H groups in total. The molecular formula is C43H76NO10P. The van der Waals surface area contributed by atoms with E-state index in [2.05, 4.69) is 54.8 Å². The fourth-order valence-corrected chi connectivity index (χ4v) is 6.25. The van der Waals surface area contributed by atoms with Crippen molar-refractivity contribution in [2.24, 2.45) is 5.73 Å². The summed E-state index contributed by atoms with van der Waals surface area (Å²) in [6, 6.07) is -1.53. The molecule has 0 aliphatic carbocycles. The van der Waals surface area contributed by atoms with Crippen LogP contribution in [-0.2, 0) is 37.5 Å². The van der Waals surface area contributed by atoms with Crippen molar-refractivity contribution in [1.29, 1.82) is 0 Å². The van der Waals surface area contributed by atoms with E-state index in [1.54, 1.807) is 0 Å². The smallest absolute Gasteiger partial charge is 0.472 e. The van der Waals surface area contributed by atoms with Gasteiger partial charge in [-0.1, -0.05) is 159 Å². The number of esters is 2. The maximum absolute atomic E-state index is 12.6. The van der Waals surface area contributed by atoms with Crippen molar-refractivity contribution in [2.75, 3.05) is 19.8 Å². The number of ether oxygens (including phenoxy) is 2. The fourth-order valence-electron chi connectivity index (χ4n) is 5.47. The van der Waals surface area contributed by atoms with Crippen LogP contribution in [0.3, 0.4) is 0 Å². The highest BCUT2D eigenvalue weighted by Gasteiger charge is 2.28. The summed E-state index contributed by atoms with van der Waals surface area (Å²) in [4.78, 5) is 45.9. The number of unbranched alkanes of at least 4 members (excludes halogenated alkanes) is 17. The summed E-state index contributed by atoms with van der Waals surface area (Å²) in [5.74, 6) is -2.45. The van der Waals surface area contributed by atoms with E-state index >= 15 is 0 Å². The minimum Gasteiger partial charge on any atom is -0.480 e. The number of phosphoric ester groups is 1. The Morgan fingerprint density at radius 1 is 0.564 bits per heavy atom. The predicted molar refractivity (Wildman–Crippen MR) is 222 cm³/mol. The number of carboxylic acid groups (broad SMARTS) is 1. The molecule has 0 aliphatic rings. The second-order valence-corrected chi connectivity index (χ2v) is 15.6. The van der Waals surface area contributed by atoms with Gasteiger partial charge < -0.3 is 25.2 Å². The van der Waals surface area contributed by atoms with Gasteiger partial charge in [0.05, 0.1) is 13.2 Å². The first-order valence-electron chi connectivity index (χ1n) is 21.2. The maximum atomic E-state index is 12.6. The molecule has 0 spiro atoms. The molecule has 0 aliphatic heterocycles. The van der Waals surface area contributed by atoms with Crippen molar-refractivity contribution in [3.63, 3.8) is 0 Å². The summed E-state index contributed by atoms with van der Waals surface area (Å²) in [6.45, 7) is 2.71. The zero-order valence-electron chi connectivity index (χ0n) is 34.3. The summed E-state index contributed by atoms with van der Waals surface area (Å²) in [7, 11) is -4.72. The van der Waals surface area contributed by atoms with Crippen molar-refractivity contribution in [1.82, 2.24) is 0 Å². The summed E-state index contributed by atoms with van der Waals surface area (Å²) < 4.78 is 32.6. The third-order valence-corrected chi connectivity index (χ3v) is 9.78. The van der Waals surface area contributed by atoms with Crippen molar-refractivity contribution in [3.8, 4) is 0 Å². The van der Waals surface area contributed by atoms with E-state index in [0.29, 0.717) is 19.3 Å². The van der Waals surface area contributed by atoms with Crippen LogP contribution in [0.5, 0.6) is 0 Å². The Kier molecular flexibility index (Phi) is 36.5. The standard InChI is InChI=1S/C43H76NO10P/c1-3-5-7-9-11-13-15-17-19-20-21-23-24-26-28-30-32-34-41(45)51-36-39(37-52-55(49,50)53-38-40(44)43(47)48)54-42(46)35-33-31-29-27-25-22-18-16-14-12-10-8-6-4-2/h11,13,17,19,21,23,26,28,39-40H,3-10,12,14-16,18,20,22,24-25,27,29-38,44H2,1-2H3,(H,47,48)(H,49,50)/b13-11+,19-17+,23-21+,28-26+/t39-,40+/m1/s1. The largest absolute Gasteiger partial charge is 0.480 e. The molecule has 0 aromatic heterocycles. The Labute approximate surface area is 333 Å². The number of carbonyl (C=O) groups is 3. The number of carboxylic acids is 1. The lowest BCUT2D eigenvalue weighted by Gasteiger charge is -2.20. The molecule has 55 heavy (non-hydrogen) atoms. The Morgan fingerprint density at radius 3 is 1.49 bits per heavy atom. The van der Waals surface area contributed by atoms with Gasteiger partial charge in [0, 0.05) is 12.8 Å². The topological polar surface area (TPSA) is 172 Å². The molecule has 0 fully saturated rings. The van der Waals surface area contributed by atoms with Crippen LogP contribution in [0, 0.1) is 0 Å². The summed E-state index contributed by atoms with van der Waals surface area (Å²) in [6.07, 6.45) is 41.8. The van der Waals surface area contributed by atoms with E-state index in [0.717, 1.165) is 44.9 Å².